The van der Waals surface area contributed by atoms with Crippen molar-refractivity contribution in [3.63, 3.8) is 0 Å². The molecule has 2 rings (SSSR count). The molecule has 0 saturated carbocycles. The Balaban J connectivity index is 1.63. The van der Waals surface area contributed by atoms with Crippen LogP contribution in [-0.2, 0) is 9.53 Å². The van der Waals surface area contributed by atoms with Gasteiger partial charge in [-0.05, 0) is 32.1 Å². The number of ketones is 1. The van der Waals surface area contributed by atoms with Crippen LogP contribution >= 0.6 is 0 Å². The van der Waals surface area contributed by atoms with E-state index >= 15 is 0 Å². The molecule has 98 valence electrons. The zero-order valence-electron chi connectivity index (χ0n) is 11.1. The molecule has 0 N–H and O–H groups in total. The molecule has 0 aliphatic carbocycles. The SMILES string of the molecule is CCCCCCCC(=O)C1CC2CCC(C1)O2. The fourth-order valence-corrected chi connectivity index (χ4v) is 3.23. The van der Waals surface area contributed by atoms with Gasteiger partial charge in [0.15, 0.2) is 0 Å². The molecular weight excluding hydrogens is 212 g/mol. The molecule has 2 nitrogen and oxygen atoms in total. The van der Waals surface area contributed by atoms with Gasteiger partial charge in [0, 0.05) is 12.3 Å². The van der Waals surface area contributed by atoms with Crippen molar-refractivity contribution in [1.82, 2.24) is 0 Å². The number of hydrogen-bond donors (Lipinski definition) is 0. The average Bonchev–Trinajstić information content (AvgIpc) is 2.67. The molecule has 0 spiro atoms. The fourth-order valence-electron chi connectivity index (χ4n) is 3.23. The molecule has 0 amide bonds. The van der Waals surface area contributed by atoms with Crippen molar-refractivity contribution in [2.24, 2.45) is 5.92 Å². The summed E-state index contributed by atoms with van der Waals surface area (Å²) in [5.41, 5.74) is 0. The topological polar surface area (TPSA) is 26.3 Å². The predicted molar refractivity (Wildman–Crippen MR) is 69.0 cm³/mol. The predicted octanol–water partition coefficient (Wildman–Crippen LogP) is 3.87. The molecule has 2 aliphatic heterocycles. The van der Waals surface area contributed by atoms with Gasteiger partial charge in [0.2, 0.25) is 0 Å². The number of rotatable bonds is 7. The van der Waals surface area contributed by atoms with Crippen LogP contribution in [0.5, 0.6) is 0 Å². The van der Waals surface area contributed by atoms with E-state index in [0.717, 1.165) is 25.7 Å². The Morgan fingerprint density at radius 2 is 1.71 bits per heavy atom. The van der Waals surface area contributed by atoms with Crippen LogP contribution in [0.2, 0.25) is 0 Å². The van der Waals surface area contributed by atoms with E-state index in [1.165, 1.54) is 38.5 Å². The van der Waals surface area contributed by atoms with Gasteiger partial charge in [-0.3, -0.25) is 4.79 Å². The molecule has 2 atom stereocenters. The van der Waals surface area contributed by atoms with Crippen LogP contribution in [0, 0.1) is 5.92 Å². The van der Waals surface area contributed by atoms with Gasteiger partial charge in [-0.25, -0.2) is 0 Å². The highest BCUT2D eigenvalue weighted by Crippen LogP contribution is 2.36. The first-order valence-corrected chi connectivity index (χ1v) is 7.47. The number of Topliss-reactive ketones (excluding diaryl/α,β-unsaturated/α-hetero) is 1. The summed E-state index contributed by atoms with van der Waals surface area (Å²) in [5.74, 6) is 0.842. The van der Waals surface area contributed by atoms with Crippen molar-refractivity contribution in [1.29, 1.82) is 0 Å². The molecular formula is C15H26O2. The fraction of sp³-hybridized carbons (Fsp3) is 0.933. The summed E-state index contributed by atoms with van der Waals surface area (Å²) in [7, 11) is 0. The second kappa shape index (κ2) is 6.53. The highest BCUT2D eigenvalue weighted by molar-refractivity contribution is 5.81. The minimum absolute atomic E-state index is 0.326. The summed E-state index contributed by atoms with van der Waals surface area (Å²) >= 11 is 0. The Kier molecular flexibility index (Phi) is 5.02. The lowest BCUT2D eigenvalue weighted by atomic mass is 9.89. The van der Waals surface area contributed by atoms with Gasteiger partial charge in [-0.1, -0.05) is 32.6 Å². The van der Waals surface area contributed by atoms with Crippen molar-refractivity contribution in [3.05, 3.63) is 0 Å². The molecule has 2 saturated heterocycles. The van der Waals surface area contributed by atoms with E-state index in [9.17, 15) is 4.79 Å². The summed E-state index contributed by atoms with van der Waals surface area (Å²) in [6.07, 6.45) is 12.2. The Morgan fingerprint density at radius 1 is 1.06 bits per heavy atom. The lowest BCUT2D eigenvalue weighted by Crippen LogP contribution is -2.29. The van der Waals surface area contributed by atoms with Crippen LogP contribution < -0.4 is 0 Å². The van der Waals surface area contributed by atoms with E-state index in [1.807, 2.05) is 0 Å². The van der Waals surface area contributed by atoms with Crippen molar-refractivity contribution >= 4 is 5.78 Å². The van der Waals surface area contributed by atoms with Crippen molar-refractivity contribution in [2.45, 2.75) is 83.3 Å². The monoisotopic (exact) mass is 238 g/mol. The van der Waals surface area contributed by atoms with Gasteiger partial charge >= 0.3 is 0 Å². The van der Waals surface area contributed by atoms with E-state index in [1.54, 1.807) is 0 Å². The van der Waals surface area contributed by atoms with Gasteiger partial charge in [-0.2, -0.15) is 0 Å². The summed E-state index contributed by atoms with van der Waals surface area (Å²) in [5, 5.41) is 0. The van der Waals surface area contributed by atoms with E-state index < -0.39 is 0 Å². The maximum atomic E-state index is 12.1. The number of fused-ring (bicyclic) bond motifs is 2. The van der Waals surface area contributed by atoms with Crippen LogP contribution in [0.4, 0.5) is 0 Å². The Bertz CT molecular complexity index is 237. The van der Waals surface area contributed by atoms with Crippen molar-refractivity contribution in [3.8, 4) is 0 Å². The Labute approximate surface area is 105 Å². The van der Waals surface area contributed by atoms with Gasteiger partial charge in [0.05, 0.1) is 12.2 Å². The number of carbonyl (C=O) groups is 1. The minimum Gasteiger partial charge on any atom is -0.375 e. The molecule has 2 unspecified atom stereocenters. The van der Waals surface area contributed by atoms with Crippen LogP contribution in [0.25, 0.3) is 0 Å². The smallest absolute Gasteiger partial charge is 0.136 e. The van der Waals surface area contributed by atoms with Crippen LogP contribution in [0.15, 0.2) is 0 Å². The Morgan fingerprint density at radius 3 is 2.35 bits per heavy atom. The normalized spacial score (nSPS) is 31.7. The number of unbranched alkanes of at least 4 members (excludes halogenated alkanes) is 4. The standard InChI is InChI=1S/C15H26O2/c1-2-3-4-5-6-7-15(16)12-10-13-8-9-14(11-12)17-13/h12-14H,2-11H2,1H3. The Hall–Kier alpha value is -0.370. The molecule has 0 aromatic heterocycles. The summed E-state index contributed by atoms with van der Waals surface area (Å²) in [6, 6.07) is 0. The molecule has 2 aliphatic rings. The van der Waals surface area contributed by atoms with Crippen LogP contribution in [-0.4, -0.2) is 18.0 Å². The summed E-state index contributed by atoms with van der Waals surface area (Å²) in [4.78, 5) is 12.1. The van der Waals surface area contributed by atoms with Gasteiger partial charge in [0.1, 0.15) is 5.78 Å². The van der Waals surface area contributed by atoms with E-state index in [4.69, 9.17) is 4.74 Å². The van der Waals surface area contributed by atoms with Crippen molar-refractivity contribution < 1.29 is 9.53 Å². The maximum absolute atomic E-state index is 12.1. The van der Waals surface area contributed by atoms with Crippen LogP contribution in [0.1, 0.15) is 71.1 Å². The molecule has 17 heavy (non-hydrogen) atoms. The first kappa shape index (κ1) is 13.1. The van der Waals surface area contributed by atoms with E-state index in [-0.39, 0.29) is 0 Å². The molecule has 2 bridgehead atoms. The molecule has 0 radical (unpaired) electrons. The first-order chi connectivity index (χ1) is 8.29. The summed E-state index contributed by atoms with van der Waals surface area (Å²) in [6.45, 7) is 2.23. The molecule has 2 fully saturated rings. The zero-order chi connectivity index (χ0) is 12.1. The molecule has 0 aromatic carbocycles. The minimum atomic E-state index is 0.326. The van der Waals surface area contributed by atoms with E-state index in [0.29, 0.717) is 23.9 Å². The van der Waals surface area contributed by atoms with Crippen LogP contribution in [0.3, 0.4) is 0 Å². The van der Waals surface area contributed by atoms with E-state index in [2.05, 4.69) is 6.92 Å². The lowest BCUT2D eigenvalue weighted by Gasteiger charge is -2.27. The first-order valence-electron chi connectivity index (χ1n) is 7.47. The highest BCUT2D eigenvalue weighted by Gasteiger charge is 2.37. The third-order valence-corrected chi connectivity index (χ3v) is 4.27. The van der Waals surface area contributed by atoms with Gasteiger partial charge in [-0.15, -0.1) is 0 Å². The van der Waals surface area contributed by atoms with Gasteiger partial charge < -0.3 is 4.74 Å². The number of carbonyl (C=O) groups excluding carboxylic acids is 1. The maximum Gasteiger partial charge on any atom is 0.136 e. The molecule has 2 heterocycles. The molecule has 2 heteroatoms. The number of ether oxygens (including phenoxy) is 1. The number of hydrogen-bond acceptors (Lipinski definition) is 2. The quantitative estimate of drug-likeness (QED) is 0.629. The highest BCUT2D eigenvalue weighted by atomic mass is 16.5. The zero-order valence-corrected chi connectivity index (χ0v) is 11.1. The van der Waals surface area contributed by atoms with Crippen molar-refractivity contribution in [2.75, 3.05) is 0 Å². The third-order valence-electron chi connectivity index (χ3n) is 4.27. The molecule has 0 aromatic rings. The average molecular weight is 238 g/mol. The second-order valence-corrected chi connectivity index (χ2v) is 5.76. The second-order valence-electron chi connectivity index (χ2n) is 5.76. The summed E-state index contributed by atoms with van der Waals surface area (Å²) < 4.78 is 5.78. The third kappa shape index (κ3) is 3.80. The van der Waals surface area contributed by atoms with Gasteiger partial charge in [0.25, 0.3) is 0 Å². The lowest BCUT2D eigenvalue weighted by molar-refractivity contribution is -0.128. The largest absolute Gasteiger partial charge is 0.375 e.